The molecule has 4 heteroatoms. The van der Waals surface area contributed by atoms with E-state index in [9.17, 15) is 13.2 Å². The first kappa shape index (κ1) is 15.9. The highest BCUT2D eigenvalue weighted by atomic mass is 19.4. The van der Waals surface area contributed by atoms with Gasteiger partial charge in [-0.05, 0) is 47.1 Å². The molecule has 0 bridgehead atoms. The van der Waals surface area contributed by atoms with E-state index in [1.54, 1.807) is 0 Å². The SMILES string of the molecule is FC(F)(F)C[C@@]1(c2ccc3ccccc3c2)CC2(CCCC2)CO1. The fraction of sp³-hybridized carbons (Fsp3) is 0.500. The van der Waals surface area contributed by atoms with Gasteiger partial charge in [0.1, 0.15) is 5.60 Å². The minimum absolute atomic E-state index is 0.0586. The Balaban J connectivity index is 1.77. The minimum atomic E-state index is -4.24. The van der Waals surface area contributed by atoms with E-state index < -0.39 is 18.2 Å². The van der Waals surface area contributed by atoms with Crippen molar-refractivity contribution in [1.82, 2.24) is 0 Å². The minimum Gasteiger partial charge on any atom is -0.369 e. The standard InChI is InChI=1S/C20H21F3O/c21-20(22,23)13-19(12-18(14-24-19)9-3-4-10-18)17-8-7-15-5-1-2-6-16(15)11-17/h1-2,5-8,11H,3-4,9-10,12-14H2/t19-/m1/s1. The van der Waals surface area contributed by atoms with Gasteiger partial charge >= 0.3 is 6.18 Å². The Morgan fingerprint density at radius 3 is 2.38 bits per heavy atom. The van der Waals surface area contributed by atoms with Crippen molar-refractivity contribution in [3.05, 3.63) is 48.0 Å². The number of alkyl halides is 3. The van der Waals surface area contributed by atoms with E-state index in [-0.39, 0.29) is 5.41 Å². The first-order valence-corrected chi connectivity index (χ1v) is 8.60. The maximum atomic E-state index is 13.3. The number of hydrogen-bond acceptors (Lipinski definition) is 1. The number of ether oxygens (including phenoxy) is 1. The Bertz CT molecular complexity index is 746. The lowest BCUT2D eigenvalue weighted by molar-refractivity contribution is -0.181. The molecule has 0 N–H and O–H groups in total. The van der Waals surface area contributed by atoms with E-state index in [0.29, 0.717) is 18.6 Å². The van der Waals surface area contributed by atoms with Crippen LogP contribution < -0.4 is 0 Å². The number of benzene rings is 2. The molecule has 1 saturated heterocycles. The summed E-state index contributed by atoms with van der Waals surface area (Å²) in [5.74, 6) is 0. The summed E-state index contributed by atoms with van der Waals surface area (Å²) in [6.07, 6.45) is -0.486. The summed E-state index contributed by atoms with van der Waals surface area (Å²) >= 11 is 0. The zero-order valence-electron chi connectivity index (χ0n) is 13.5. The van der Waals surface area contributed by atoms with Crippen LogP contribution in [0.15, 0.2) is 42.5 Å². The highest BCUT2D eigenvalue weighted by molar-refractivity contribution is 5.83. The molecule has 2 aromatic rings. The van der Waals surface area contributed by atoms with Gasteiger partial charge in [-0.2, -0.15) is 13.2 Å². The summed E-state index contributed by atoms with van der Waals surface area (Å²) in [7, 11) is 0. The van der Waals surface area contributed by atoms with Crippen molar-refractivity contribution >= 4 is 10.8 Å². The molecule has 4 rings (SSSR count). The second-order valence-corrected chi connectivity index (χ2v) is 7.52. The first-order chi connectivity index (χ1) is 11.4. The van der Waals surface area contributed by atoms with E-state index >= 15 is 0 Å². The van der Waals surface area contributed by atoms with Crippen molar-refractivity contribution in [2.75, 3.05) is 6.61 Å². The van der Waals surface area contributed by atoms with Crippen molar-refractivity contribution in [2.45, 2.75) is 50.3 Å². The highest BCUT2D eigenvalue weighted by Gasteiger charge is 2.55. The van der Waals surface area contributed by atoms with Gasteiger partial charge in [-0.1, -0.05) is 49.2 Å². The van der Waals surface area contributed by atoms with Gasteiger partial charge in [0.25, 0.3) is 0 Å². The van der Waals surface area contributed by atoms with Crippen LogP contribution in [0.3, 0.4) is 0 Å². The molecule has 0 unspecified atom stereocenters. The molecular weight excluding hydrogens is 313 g/mol. The molecule has 1 aliphatic heterocycles. The number of fused-ring (bicyclic) bond motifs is 1. The lowest BCUT2D eigenvalue weighted by Gasteiger charge is -2.32. The molecule has 24 heavy (non-hydrogen) atoms. The Hall–Kier alpha value is -1.55. The fourth-order valence-corrected chi connectivity index (χ4v) is 4.64. The fourth-order valence-electron chi connectivity index (χ4n) is 4.64. The molecule has 1 spiro atoms. The Morgan fingerprint density at radius 2 is 1.67 bits per heavy atom. The van der Waals surface area contributed by atoms with Gasteiger partial charge in [0.15, 0.2) is 0 Å². The van der Waals surface area contributed by atoms with Gasteiger partial charge in [-0.15, -0.1) is 0 Å². The second-order valence-electron chi connectivity index (χ2n) is 7.52. The van der Waals surface area contributed by atoms with Gasteiger partial charge in [-0.25, -0.2) is 0 Å². The van der Waals surface area contributed by atoms with Gasteiger partial charge in [0, 0.05) is 0 Å². The van der Waals surface area contributed by atoms with Crippen molar-refractivity contribution in [2.24, 2.45) is 5.41 Å². The molecule has 1 atom stereocenters. The molecule has 1 heterocycles. The van der Waals surface area contributed by atoms with Crippen LogP contribution in [0.2, 0.25) is 0 Å². The quantitative estimate of drug-likeness (QED) is 0.657. The summed E-state index contributed by atoms with van der Waals surface area (Å²) in [5, 5.41) is 2.00. The average Bonchev–Trinajstić information content (AvgIpc) is 3.14. The van der Waals surface area contributed by atoms with Crippen LogP contribution in [0.25, 0.3) is 10.8 Å². The third kappa shape index (κ3) is 2.81. The van der Waals surface area contributed by atoms with Crippen LogP contribution in [0.1, 0.15) is 44.1 Å². The van der Waals surface area contributed by atoms with Crippen molar-refractivity contribution < 1.29 is 17.9 Å². The summed E-state index contributed by atoms with van der Waals surface area (Å²) < 4.78 is 46.0. The topological polar surface area (TPSA) is 9.23 Å². The Morgan fingerprint density at radius 1 is 0.958 bits per heavy atom. The monoisotopic (exact) mass is 334 g/mol. The molecule has 0 radical (unpaired) electrons. The van der Waals surface area contributed by atoms with Crippen molar-refractivity contribution in [1.29, 1.82) is 0 Å². The van der Waals surface area contributed by atoms with E-state index in [0.717, 1.165) is 36.5 Å². The van der Waals surface area contributed by atoms with Crippen LogP contribution in [0, 0.1) is 5.41 Å². The average molecular weight is 334 g/mol. The van der Waals surface area contributed by atoms with Gasteiger partial charge in [0.05, 0.1) is 13.0 Å². The van der Waals surface area contributed by atoms with Crippen LogP contribution in [-0.4, -0.2) is 12.8 Å². The molecule has 1 aliphatic carbocycles. The predicted molar refractivity (Wildman–Crippen MR) is 87.8 cm³/mol. The summed E-state index contributed by atoms with van der Waals surface area (Å²) in [5.41, 5.74) is -0.619. The molecule has 2 aromatic carbocycles. The van der Waals surface area contributed by atoms with Gasteiger partial charge in [-0.3, -0.25) is 0 Å². The lowest BCUT2D eigenvalue weighted by atomic mass is 9.75. The molecular formula is C20H21F3O. The van der Waals surface area contributed by atoms with Crippen LogP contribution >= 0.6 is 0 Å². The maximum absolute atomic E-state index is 13.3. The molecule has 0 aromatic heterocycles. The Kier molecular flexibility index (Phi) is 3.64. The highest BCUT2D eigenvalue weighted by Crippen LogP contribution is 2.57. The third-order valence-electron chi connectivity index (χ3n) is 5.74. The zero-order valence-corrected chi connectivity index (χ0v) is 13.5. The van der Waals surface area contributed by atoms with Gasteiger partial charge in [0.2, 0.25) is 0 Å². The second kappa shape index (κ2) is 5.48. The summed E-state index contributed by atoms with van der Waals surface area (Å²) in [4.78, 5) is 0. The first-order valence-electron chi connectivity index (χ1n) is 8.60. The summed E-state index contributed by atoms with van der Waals surface area (Å²) in [6, 6.07) is 13.4. The van der Waals surface area contributed by atoms with Crippen LogP contribution in [0.5, 0.6) is 0 Å². The maximum Gasteiger partial charge on any atom is 0.392 e. The van der Waals surface area contributed by atoms with Crippen molar-refractivity contribution in [3.63, 3.8) is 0 Å². The number of halogens is 3. The van der Waals surface area contributed by atoms with E-state index in [2.05, 4.69) is 0 Å². The van der Waals surface area contributed by atoms with E-state index in [1.807, 2.05) is 42.5 Å². The van der Waals surface area contributed by atoms with E-state index in [4.69, 9.17) is 4.74 Å². The molecule has 128 valence electrons. The lowest BCUT2D eigenvalue weighted by Crippen LogP contribution is -2.32. The Labute approximate surface area is 139 Å². The predicted octanol–water partition coefficient (Wildman–Crippen LogP) is 5.97. The number of rotatable bonds is 2. The third-order valence-corrected chi connectivity index (χ3v) is 5.74. The smallest absolute Gasteiger partial charge is 0.369 e. The largest absolute Gasteiger partial charge is 0.392 e. The molecule has 2 aliphatic rings. The summed E-state index contributed by atoms with van der Waals surface area (Å²) in [6.45, 7) is 0.454. The zero-order chi connectivity index (χ0) is 16.8. The number of hydrogen-bond donors (Lipinski definition) is 0. The molecule has 1 saturated carbocycles. The van der Waals surface area contributed by atoms with Crippen LogP contribution in [-0.2, 0) is 10.3 Å². The normalized spacial score (nSPS) is 26.5. The molecule has 0 amide bonds. The van der Waals surface area contributed by atoms with Gasteiger partial charge < -0.3 is 4.74 Å². The molecule has 2 fully saturated rings. The van der Waals surface area contributed by atoms with Crippen molar-refractivity contribution in [3.8, 4) is 0 Å². The van der Waals surface area contributed by atoms with Crippen LogP contribution in [0.4, 0.5) is 13.2 Å². The molecule has 1 nitrogen and oxygen atoms in total. The van der Waals surface area contributed by atoms with E-state index in [1.165, 1.54) is 0 Å².